The normalized spacial score (nSPS) is 24.2. The Morgan fingerprint density at radius 3 is 2.77 bits per heavy atom. The summed E-state index contributed by atoms with van der Waals surface area (Å²) >= 11 is 0. The average molecular weight is 353 g/mol. The minimum Gasteiger partial charge on any atom is -0.486 e. The molecule has 0 amide bonds. The largest absolute Gasteiger partial charge is 0.486 e. The number of nitrogens with one attached hydrogen (secondary N) is 1. The fourth-order valence-corrected chi connectivity index (χ4v) is 4.62. The zero-order valence-corrected chi connectivity index (χ0v) is 15.0. The van der Waals surface area contributed by atoms with Gasteiger partial charge in [0.1, 0.15) is 19.0 Å². The molecular weight excluding hydrogens is 330 g/mol. The molecular formula is C20H23N3O3. The standard InChI is InChI=1S/C20H23N3O3/c1-12-21-17-10-15-4-3-14(9-16(17)20(24)22-12)23(15)11-13-2-5-18-19(8-13)26-7-6-25-18/h2,5,8,14-15H,3-4,6-7,9-11H2,1H3,(H,21,22,24)/t14-,15+/m0/s1. The molecule has 6 nitrogen and oxygen atoms in total. The summed E-state index contributed by atoms with van der Waals surface area (Å²) in [7, 11) is 0. The van der Waals surface area contributed by atoms with E-state index in [0.717, 1.165) is 48.6 Å². The average Bonchev–Trinajstić information content (AvgIpc) is 2.90. The first-order chi connectivity index (χ1) is 12.7. The Labute approximate surface area is 152 Å². The van der Waals surface area contributed by atoms with Gasteiger partial charge < -0.3 is 14.5 Å². The van der Waals surface area contributed by atoms with Crippen LogP contribution in [0.3, 0.4) is 0 Å². The number of nitrogens with zero attached hydrogens (tertiary/aromatic N) is 2. The minimum absolute atomic E-state index is 0.0410. The topological polar surface area (TPSA) is 67.5 Å². The number of hydrogen-bond acceptors (Lipinski definition) is 5. The van der Waals surface area contributed by atoms with Crippen molar-refractivity contribution >= 4 is 0 Å². The van der Waals surface area contributed by atoms with Gasteiger partial charge in [-0.3, -0.25) is 9.69 Å². The van der Waals surface area contributed by atoms with E-state index in [-0.39, 0.29) is 5.56 Å². The van der Waals surface area contributed by atoms with Gasteiger partial charge in [0.05, 0.1) is 5.69 Å². The molecule has 0 spiro atoms. The van der Waals surface area contributed by atoms with E-state index >= 15 is 0 Å². The number of ether oxygens (including phenoxy) is 2. The third-order valence-corrected chi connectivity index (χ3v) is 5.83. The molecule has 0 radical (unpaired) electrons. The molecule has 2 aromatic rings. The first-order valence-corrected chi connectivity index (χ1v) is 9.40. The Balaban J connectivity index is 1.43. The first kappa shape index (κ1) is 15.9. The maximum Gasteiger partial charge on any atom is 0.254 e. The number of aromatic nitrogens is 2. The lowest BCUT2D eigenvalue weighted by Gasteiger charge is -2.28. The van der Waals surface area contributed by atoms with Crippen LogP contribution < -0.4 is 15.0 Å². The Hall–Kier alpha value is -2.34. The second-order valence-corrected chi connectivity index (χ2v) is 7.52. The maximum atomic E-state index is 12.4. The van der Waals surface area contributed by atoms with Crippen LogP contribution >= 0.6 is 0 Å². The smallest absolute Gasteiger partial charge is 0.254 e. The lowest BCUT2D eigenvalue weighted by atomic mass is 9.98. The number of rotatable bonds is 2. The molecule has 2 atom stereocenters. The summed E-state index contributed by atoms with van der Waals surface area (Å²) in [5.41, 5.74) is 3.15. The fraction of sp³-hybridized carbons (Fsp3) is 0.500. The van der Waals surface area contributed by atoms with Crippen LogP contribution in [0.5, 0.6) is 11.5 Å². The minimum atomic E-state index is 0.0410. The number of aromatic amines is 1. The van der Waals surface area contributed by atoms with Crippen LogP contribution in [0.2, 0.25) is 0 Å². The lowest BCUT2D eigenvalue weighted by molar-refractivity contribution is 0.169. The van der Waals surface area contributed by atoms with E-state index in [1.54, 1.807) is 0 Å². The van der Waals surface area contributed by atoms with Crippen LogP contribution in [0.25, 0.3) is 0 Å². The zero-order valence-electron chi connectivity index (χ0n) is 15.0. The number of H-pyrrole nitrogens is 1. The number of fused-ring (bicyclic) bond motifs is 4. The Kier molecular flexibility index (Phi) is 3.74. The van der Waals surface area contributed by atoms with Crippen LogP contribution in [0.1, 0.15) is 35.5 Å². The van der Waals surface area contributed by atoms with Gasteiger partial charge in [-0.05, 0) is 43.9 Å². The van der Waals surface area contributed by atoms with Crippen LogP contribution in [-0.4, -0.2) is 40.2 Å². The van der Waals surface area contributed by atoms with Gasteiger partial charge >= 0.3 is 0 Å². The Bertz CT molecular complexity index is 908. The second-order valence-electron chi connectivity index (χ2n) is 7.52. The number of hydrogen-bond donors (Lipinski definition) is 1. The SMILES string of the molecule is Cc1nc2c(c(=O)[nH]1)C[C@@H]1CC[C@H](C2)N1Cc1ccc2c(c1)OCCO2. The highest BCUT2D eigenvalue weighted by atomic mass is 16.6. The fourth-order valence-electron chi connectivity index (χ4n) is 4.62. The van der Waals surface area contributed by atoms with Crippen molar-refractivity contribution in [3.63, 3.8) is 0 Å². The van der Waals surface area contributed by atoms with Gasteiger partial charge in [-0.2, -0.15) is 0 Å². The quantitative estimate of drug-likeness (QED) is 0.894. The molecule has 1 aromatic carbocycles. The molecule has 6 heteroatoms. The van der Waals surface area contributed by atoms with Gasteiger partial charge in [0.25, 0.3) is 5.56 Å². The third-order valence-electron chi connectivity index (χ3n) is 5.83. The van der Waals surface area contributed by atoms with Crippen molar-refractivity contribution in [2.45, 2.75) is 51.2 Å². The molecule has 26 heavy (non-hydrogen) atoms. The first-order valence-electron chi connectivity index (χ1n) is 9.40. The second kappa shape index (κ2) is 6.13. The molecule has 1 saturated heterocycles. The van der Waals surface area contributed by atoms with Crippen molar-refractivity contribution in [2.24, 2.45) is 0 Å². The van der Waals surface area contributed by atoms with Gasteiger partial charge in [0.2, 0.25) is 0 Å². The molecule has 3 aliphatic heterocycles. The van der Waals surface area contributed by atoms with Gasteiger partial charge in [0.15, 0.2) is 11.5 Å². The van der Waals surface area contributed by atoms with Gasteiger partial charge in [-0.1, -0.05) is 6.07 Å². The van der Waals surface area contributed by atoms with Crippen molar-refractivity contribution in [3.8, 4) is 11.5 Å². The summed E-state index contributed by atoms with van der Waals surface area (Å²) in [6.07, 6.45) is 3.96. The third kappa shape index (κ3) is 2.69. The van der Waals surface area contributed by atoms with Crippen LogP contribution in [0, 0.1) is 6.92 Å². The highest BCUT2D eigenvalue weighted by Crippen LogP contribution is 2.36. The maximum absolute atomic E-state index is 12.4. The number of aryl methyl sites for hydroxylation is 1. The van der Waals surface area contributed by atoms with E-state index in [1.807, 2.05) is 13.0 Å². The lowest BCUT2D eigenvalue weighted by Crippen LogP contribution is -2.36. The molecule has 1 fully saturated rings. The summed E-state index contributed by atoms with van der Waals surface area (Å²) in [4.78, 5) is 22.5. The molecule has 136 valence electrons. The summed E-state index contributed by atoms with van der Waals surface area (Å²) in [6.45, 7) is 3.95. The molecule has 0 unspecified atom stereocenters. The van der Waals surface area contributed by atoms with Crippen molar-refractivity contribution < 1.29 is 9.47 Å². The van der Waals surface area contributed by atoms with E-state index in [0.29, 0.717) is 31.1 Å². The van der Waals surface area contributed by atoms with Gasteiger partial charge in [0, 0.05) is 30.6 Å². The predicted octanol–water partition coefficient (Wildman–Crippen LogP) is 1.98. The highest BCUT2D eigenvalue weighted by Gasteiger charge is 2.38. The van der Waals surface area contributed by atoms with E-state index < -0.39 is 0 Å². The predicted molar refractivity (Wildman–Crippen MR) is 96.8 cm³/mol. The Morgan fingerprint density at radius 2 is 1.92 bits per heavy atom. The molecule has 1 aromatic heterocycles. The highest BCUT2D eigenvalue weighted by molar-refractivity contribution is 5.44. The summed E-state index contributed by atoms with van der Waals surface area (Å²) in [5, 5.41) is 0. The molecule has 2 bridgehead atoms. The molecule has 3 aliphatic rings. The summed E-state index contributed by atoms with van der Waals surface area (Å²) < 4.78 is 11.4. The van der Waals surface area contributed by atoms with Crippen LogP contribution in [-0.2, 0) is 19.4 Å². The van der Waals surface area contributed by atoms with E-state index in [2.05, 4.69) is 27.0 Å². The molecule has 0 aliphatic carbocycles. The Morgan fingerprint density at radius 1 is 1.15 bits per heavy atom. The van der Waals surface area contributed by atoms with Gasteiger partial charge in [-0.25, -0.2) is 4.98 Å². The van der Waals surface area contributed by atoms with Crippen LogP contribution in [0.15, 0.2) is 23.0 Å². The van der Waals surface area contributed by atoms with Gasteiger partial charge in [-0.15, -0.1) is 0 Å². The molecule has 5 rings (SSSR count). The molecule has 1 N–H and O–H groups in total. The van der Waals surface area contributed by atoms with Crippen molar-refractivity contribution in [3.05, 3.63) is 51.2 Å². The monoisotopic (exact) mass is 353 g/mol. The van der Waals surface area contributed by atoms with Crippen molar-refractivity contribution in [1.82, 2.24) is 14.9 Å². The van der Waals surface area contributed by atoms with E-state index in [1.165, 1.54) is 12.0 Å². The number of benzene rings is 1. The molecule has 0 saturated carbocycles. The molecule has 4 heterocycles. The summed E-state index contributed by atoms with van der Waals surface area (Å²) in [5.74, 6) is 2.38. The zero-order chi connectivity index (χ0) is 17.7. The van der Waals surface area contributed by atoms with Crippen molar-refractivity contribution in [2.75, 3.05) is 13.2 Å². The van der Waals surface area contributed by atoms with E-state index in [9.17, 15) is 4.79 Å². The summed E-state index contributed by atoms with van der Waals surface area (Å²) in [6, 6.07) is 7.08. The van der Waals surface area contributed by atoms with Crippen LogP contribution in [0.4, 0.5) is 0 Å². The van der Waals surface area contributed by atoms with Crippen molar-refractivity contribution in [1.29, 1.82) is 0 Å². The van der Waals surface area contributed by atoms with E-state index in [4.69, 9.17) is 9.47 Å².